The quantitative estimate of drug-likeness (QED) is 0.497. The standard InChI is InChI=1S/C5H7N.C5H5.Fe/c6-5-3-1-2-4-5;1-2-4-5-3-1;/h1-4H,6H3;1-5H;/q;-1;+2. The molecule has 0 saturated heterocycles. The van der Waals surface area contributed by atoms with Crippen LogP contribution in [0.4, 0.5) is 5.69 Å². The van der Waals surface area contributed by atoms with E-state index < -0.39 is 0 Å². The molecular formula is C10H12FeN+. The summed E-state index contributed by atoms with van der Waals surface area (Å²) in [6.07, 6.45) is 0. The van der Waals surface area contributed by atoms with Gasteiger partial charge in [-0.05, 0) is 0 Å². The minimum absolute atomic E-state index is 0. The molecule has 0 aliphatic carbocycles. The minimum atomic E-state index is 0. The Labute approximate surface area is 83.4 Å². The van der Waals surface area contributed by atoms with Gasteiger partial charge in [-0.15, -0.1) is 12.1 Å². The van der Waals surface area contributed by atoms with Crippen molar-refractivity contribution >= 4 is 5.69 Å². The van der Waals surface area contributed by atoms with Crippen LogP contribution in [0.3, 0.4) is 0 Å². The van der Waals surface area contributed by atoms with Gasteiger partial charge in [0.2, 0.25) is 0 Å². The normalized spacial score (nSPS) is 7.75. The Kier molecular flexibility index (Phi) is 6.39. The van der Waals surface area contributed by atoms with E-state index >= 15 is 0 Å². The average molecular weight is 202 g/mol. The Hall–Kier alpha value is -0.821. The Morgan fingerprint density at radius 2 is 1.42 bits per heavy atom. The molecule has 0 spiro atoms. The SMILES string of the molecule is [Fe+2].[NH3+][c-]1cccc1.c1cc[cH-]c1. The van der Waals surface area contributed by atoms with E-state index in [1.807, 2.05) is 54.6 Å². The monoisotopic (exact) mass is 202 g/mol. The second-order valence-electron chi connectivity index (χ2n) is 2.26. The molecule has 0 aliphatic rings. The zero-order valence-corrected chi connectivity index (χ0v) is 7.86. The summed E-state index contributed by atoms with van der Waals surface area (Å²) >= 11 is 0. The summed E-state index contributed by atoms with van der Waals surface area (Å²) in [6.45, 7) is 0. The van der Waals surface area contributed by atoms with E-state index in [1.54, 1.807) is 0 Å². The van der Waals surface area contributed by atoms with Crippen molar-refractivity contribution in [1.29, 1.82) is 0 Å². The fourth-order valence-corrected chi connectivity index (χ4v) is 0.735. The van der Waals surface area contributed by atoms with Crippen LogP contribution in [0.25, 0.3) is 0 Å². The van der Waals surface area contributed by atoms with Crippen LogP contribution < -0.4 is 5.73 Å². The number of rotatable bonds is 0. The molecule has 0 aliphatic heterocycles. The third-order valence-electron chi connectivity index (χ3n) is 1.29. The smallest absolute Gasteiger partial charge is 0.374 e. The van der Waals surface area contributed by atoms with Crippen LogP contribution in [0.5, 0.6) is 0 Å². The van der Waals surface area contributed by atoms with E-state index in [1.165, 1.54) is 0 Å². The molecule has 0 atom stereocenters. The first kappa shape index (κ1) is 11.2. The largest absolute Gasteiger partial charge is 2.00 e. The van der Waals surface area contributed by atoms with Gasteiger partial charge >= 0.3 is 17.1 Å². The molecule has 0 fully saturated rings. The fraction of sp³-hybridized carbons (Fsp3) is 0. The van der Waals surface area contributed by atoms with Crippen LogP contribution in [0, 0.1) is 0 Å². The topological polar surface area (TPSA) is 27.6 Å². The van der Waals surface area contributed by atoms with Crippen molar-refractivity contribution in [3.63, 3.8) is 0 Å². The predicted molar refractivity (Wildman–Crippen MR) is 46.6 cm³/mol. The molecule has 2 heteroatoms. The third kappa shape index (κ3) is 4.91. The van der Waals surface area contributed by atoms with Gasteiger partial charge in [-0.25, -0.2) is 24.3 Å². The summed E-state index contributed by atoms with van der Waals surface area (Å²) in [6, 6.07) is 17.9. The zero-order valence-electron chi connectivity index (χ0n) is 6.76. The summed E-state index contributed by atoms with van der Waals surface area (Å²) in [4.78, 5) is 0. The van der Waals surface area contributed by atoms with Crippen molar-refractivity contribution in [1.82, 2.24) is 0 Å². The molecule has 2 aromatic rings. The Morgan fingerprint density at radius 3 is 1.58 bits per heavy atom. The van der Waals surface area contributed by atoms with E-state index in [2.05, 4.69) is 5.73 Å². The van der Waals surface area contributed by atoms with Crippen LogP contribution in [0.2, 0.25) is 0 Å². The van der Waals surface area contributed by atoms with Gasteiger partial charge in [-0.2, -0.15) is 18.2 Å². The molecular weight excluding hydrogens is 190 g/mol. The van der Waals surface area contributed by atoms with Crippen LogP contribution in [-0.2, 0) is 17.1 Å². The predicted octanol–water partition coefficient (Wildman–Crippen LogP) is 1.68. The van der Waals surface area contributed by atoms with Gasteiger partial charge in [0.05, 0.1) is 0 Å². The van der Waals surface area contributed by atoms with E-state index in [0.29, 0.717) is 0 Å². The maximum absolute atomic E-state index is 3.68. The van der Waals surface area contributed by atoms with E-state index in [4.69, 9.17) is 0 Å². The maximum Gasteiger partial charge on any atom is 2.00 e. The summed E-state index contributed by atoms with van der Waals surface area (Å²) in [5.41, 5.74) is 4.77. The molecule has 64 valence electrons. The van der Waals surface area contributed by atoms with Crippen molar-refractivity contribution in [3.8, 4) is 0 Å². The van der Waals surface area contributed by atoms with Gasteiger partial charge in [0.15, 0.2) is 0 Å². The molecule has 2 rings (SSSR count). The Morgan fingerprint density at radius 1 is 0.917 bits per heavy atom. The second-order valence-corrected chi connectivity index (χ2v) is 2.26. The Balaban J connectivity index is 0.000000189. The molecule has 2 aromatic carbocycles. The minimum Gasteiger partial charge on any atom is -0.374 e. The molecule has 0 saturated carbocycles. The van der Waals surface area contributed by atoms with Crippen LogP contribution >= 0.6 is 0 Å². The first-order valence-electron chi connectivity index (χ1n) is 3.60. The molecule has 0 amide bonds. The van der Waals surface area contributed by atoms with Crippen LogP contribution in [-0.4, -0.2) is 0 Å². The summed E-state index contributed by atoms with van der Waals surface area (Å²) in [5, 5.41) is 0. The fourth-order valence-electron chi connectivity index (χ4n) is 0.735. The van der Waals surface area contributed by atoms with Crippen LogP contribution in [0.15, 0.2) is 54.6 Å². The van der Waals surface area contributed by atoms with Gasteiger partial charge in [0.1, 0.15) is 0 Å². The molecule has 0 heterocycles. The van der Waals surface area contributed by atoms with Gasteiger partial charge in [-0.1, -0.05) is 0 Å². The van der Waals surface area contributed by atoms with Gasteiger partial charge in [0, 0.05) is 5.69 Å². The average Bonchev–Trinajstić information content (AvgIpc) is 2.57. The first-order valence-corrected chi connectivity index (χ1v) is 3.60. The third-order valence-corrected chi connectivity index (χ3v) is 1.29. The molecule has 1 nitrogen and oxygen atoms in total. The zero-order chi connectivity index (χ0) is 7.94. The summed E-state index contributed by atoms with van der Waals surface area (Å²) in [7, 11) is 0. The van der Waals surface area contributed by atoms with Gasteiger partial charge < -0.3 is 5.73 Å². The number of hydrogen-bond donors (Lipinski definition) is 1. The van der Waals surface area contributed by atoms with Crippen LogP contribution in [0.1, 0.15) is 0 Å². The Bertz CT molecular complexity index is 228. The summed E-state index contributed by atoms with van der Waals surface area (Å²) in [5.74, 6) is 0. The van der Waals surface area contributed by atoms with E-state index in [9.17, 15) is 0 Å². The van der Waals surface area contributed by atoms with Gasteiger partial charge in [0.25, 0.3) is 0 Å². The number of quaternary nitrogens is 1. The van der Waals surface area contributed by atoms with Gasteiger partial charge in [-0.3, -0.25) is 0 Å². The van der Waals surface area contributed by atoms with Crippen molar-refractivity contribution in [2.24, 2.45) is 0 Å². The van der Waals surface area contributed by atoms with E-state index in [-0.39, 0.29) is 17.1 Å². The first-order chi connectivity index (χ1) is 5.39. The van der Waals surface area contributed by atoms with Crippen molar-refractivity contribution in [3.05, 3.63) is 54.6 Å². The molecule has 0 unspecified atom stereocenters. The van der Waals surface area contributed by atoms with Crippen molar-refractivity contribution in [2.45, 2.75) is 0 Å². The molecule has 0 bridgehead atoms. The molecule has 3 N–H and O–H groups in total. The van der Waals surface area contributed by atoms with Crippen molar-refractivity contribution < 1.29 is 22.8 Å². The second kappa shape index (κ2) is 6.86. The molecule has 0 aromatic heterocycles. The molecule has 0 radical (unpaired) electrons. The van der Waals surface area contributed by atoms with E-state index in [0.717, 1.165) is 5.69 Å². The molecule has 12 heavy (non-hydrogen) atoms. The summed E-state index contributed by atoms with van der Waals surface area (Å²) < 4.78 is 0. The van der Waals surface area contributed by atoms with Crippen molar-refractivity contribution in [2.75, 3.05) is 0 Å². The maximum atomic E-state index is 3.68. The number of hydrogen-bond acceptors (Lipinski definition) is 0.